The smallest absolute Gasteiger partial charge is 0.336 e. The fourth-order valence-corrected chi connectivity index (χ4v) is 4.15. The van der Waals surface area contributed by atoms with Crippen LogP contribution in [0.1, 0.15) is 30.0 Å². The number of rotatable bonds is 6. The van der Waals surface area contributed by atoms with Gasteiger partial charge in [0, 0.05) is 41.7 Å². The molecule has 6 nitrogen and oxygen atoms in total. The Balaban J connectivity index is 1.68. The summed E-state index contributed by atoms with van der Waals surface area (Å²) in [6.07, 6.45) is 2.13. The molecular weight excluding hydrogens is 370 g/mol. The van der Waals surface area contributed by atoms with Gasteiger partial charge in [-0.25, -0.2) is 4.79 Å². The minimum atomic E-state index is -0.349. The molecule has 0 amide bonds. The third-order valence-corrected chi connectivity index (χ3v) is 5.57. The van der Waals surface area contributed by atoms with Crippen LogP contribution in [-0.2, 0) is 6.54 Å². The minimum absolute atomic E-state index is 0.219. The van der Waals surface area contributed by atoms with Crippen LogP contribution in [0.25, 0.3) is 11.0 Å². The first-order valence-corrected chi connectivity index (χ1v) is 9.69. The molecule has 0 radical (unpaired) electrons. The Kier molecular flexibility index (Phi) is 5.45. The van der Waals surface area contributed by atoms with Crippen LogP contribution in [0.15, 0.2) is 51.7 Å². The van der Waals surface area contributed by atoms with Gasteiger partial charge in [0.25, 0.3) is 0 Å². The first-order valence-electron chi connectivity index (χ1n) is 9.69. The second kappa shape index (κ2) is 8.17. The van der Waals surface area contributed by atoms with E-state index < -0.39 is 0 Å². The van der Waals surface area contributed by atoms with Gasteiger partial charge >= 0.3 is 5.63 Å². The van der Waals surface area contributed by atoms with Crippen molar-refractivity contribution in [3.63, 3.8) is 0 Å². The van der Waals surface area contributed by atoms with E-state index in [4.69, 9.17) is 18.6 Å². The molecule has 6 heteroatoms. The highest BCUT2D eigenvalue weighted by atomic mass is 16.5. The lowest BCUT2D eigenvalue weighted by Gasteiger charge is -2.26. The van der Waals surface area contributed by atoms with E-state index in [0.717, 1.165) is 47.4 Å². The van der Waals surface area contributed by atoms with Crippen LogP contribution in [0.2, 0.25) is 0 Å². The lowest BCUT2D eigenvalue weighted by atomic mass is 10.0. The predicted molar refractivity (Wildman–Crippen MR) is 111 cm³/mol. The highest BCUT2D eigenvalue weighted by molar-refractivity contribution is 5.81. The van der Waals surface area contributed by atoms with Crippen molar-refractivity contribution in [3.05, 3.63) is 64.0 Å². The Hall–Kier alpha value is -2.99. The van der Waals surface area contributed by atoms with Crippen LogP contribution in [-0.4, -0.2) is 32.8 Å². The van der Waals surface area contributed by atoms with Crippen molar-refractivity contribution in [2.75, 3.05) is 27.9 Å². The summed E-state index contributed by atoms with van der Waals surface area (Å²) >= 11 is 0. The Morgan fingerprint density at radius 3 is 2.52 bits per heavy atom. The van der Waals surface area contributed by atoms with Crippen molar-refractivity contribution >= 4 is 11.0 Å². The lowest BCUT2D eigenvalue weighted by Crippen LogP contribution is -2.24. The Morgan fingerprint density at radius 1 is 1.00 bits per heavy atom. The molecule has 1 aliphatic heterocycles. The van der Waals surface area contributed by atoms with Gasteiger partial charge in [-0.05, 0) is 43.1 Å². The zero-order chi connectivity index (χ0) is 20.4. The average Bonchev–Trinajstić information content (AvgIpc) is 3.20. The molecule has 1 saturated heterocycles. The van der Waals surface area contributed by atoms with Crippen LogP contribution < -0.4 is 19.8 Å². The molecule has 152 valence electrons. The van der Waals surface area contributed by atoms with Gasteiger partial charge in [0.2, 0.25) is 0 Å². The summed E-state index contributed by atoms with van der Waals surface area (Å²) in [5.74, 6) is 2.26. The molecule has 1 atom stereocenters. The highest BCUT2D eigenvalue weighted by Crippen LogP contribution is 2.39. The van der Waals surface area contributed by atoms with Gasteiger partial charge in [0.1, 0.15) is 22.8 Å². The van der Waals surface area contributed by atoms with Crippen molar-refractivity contribution in [1.82, 2.24) is 4.90 Å². The van der Waals surface area contributed by atoms with Crippen LogP contribution in [0.3, 0.4) is 0 Å². The second-order valence-corrected chi connectivity index (χ2v) is 7.19. The van der Waals surface area contributed by atoms with Crippen LogP contribution in [0.5, 0.6) is 17.2 Å². The van der Waals surface area contributed by atoms with Gasteiger partial charge < -0.3 is 18.6 Å². The fraction of sp³-hybridized carbons (Fsp3) is 0.348. The summed E-state index contributed by atoms with van der Waals surface area (Å²) in [7, 11) is 4.93. The van der Waals surface area contributed by atoms with Gasteiger partial charge in [-0.1, -0.05) is 6.07 Å². The van der Waals surface area contributed by atoms with Gasteiger partial charge in [0.15, 0.2) is 0 Å². The average molecular weight is 395 g/mol. The van der Waals surface area contributed by atoms with E-state index in [0.29, 0.717) is 17.9 Å². The van der Waals surface area contributed by atoms with E-state index in [2.05, 4.69) is 11.0 Å². The van der Waals surface area contributed by atoms with Crippen molar-refractivity contribution in [3.8, 4) is 17.2 Å². The summed E-state index contributed by atoms with van der Waals surface area (Å²) in [4.78, 5) is 14.5. The number of benzene rings is 2. The molecule has 0 N–H and O–H groups in total. The number of ether oxygens (including phenoxy) is 3. The van der Waals surface area contributed by atoms with Crippen LogP contribution in [0, 0.1) is 0 Å². The molecule has 2 heterocycles. The first-order chi connectivity index (χ1) is 14.1. The number of nitrogens with zero attached hydrogens (tertiary/aromatic N) is 1. The van der Waals surface area contributed by atoms with Crippen molar-refractivity contribution in [2.24, 2.45) is 0 Å². The minimum Gasteiger partial charge on any atom is -0.497 e. The van der Waals surface area contributed by atoms with Crippen molar-refractivity contribution < 1.29 is 18.6 Å². The summed E-state index contributed by atoms with van der Waals surface area (Å²) in [5.41, 5.74) is 2.29. The van der Waals surface area contributed by atoms with Crippen LogP contribution in [0.4, 0.5) is 0 Å². The molecule has 0 aliphatic carbocycles. The van der Waals surface area contributed by atoms with E-state index >= 15 is 0 Å². The third-order valence-electron chi connectivity index (χ3n) is 5.57. The molecule has 1 aliphatic rings. The SMILES string of the molecule is COc1ccc([C@@H]2CCCN2Cc2cc(=O)oc3cc(OC)ccc23)c(OC)c1. The molecular formula is C23H25NO5. The van der Waals surface area contributed by atoms with Crippen molar-refractivity contribution in [2.45, 2.75) is 25.4 Å². The first kappa shape index (κ1) is 19.3. The lowest BCUT2D eigenvalue weighted by molar-refractivity contribution is 0.243. The quantitative estimate of drug-likeness (QED) is 0.584. The molecule has 4 rings (SSSR count). The molecule has 3 aromatic rings. The molecule has 29 heavy (non-hydrogen) atoms. The number of hydrogen-bond donors (Lipinski definition) is 0. The molecule has 2 aromatic carbocycles. The number of fused-ring (bicyclic) bond motifs is 1. The standard InChI is InChI=1S/C23H25NO5/c1-26-16-7-9-19(21(12-16)28-3)20-5-4-10-24(20)14-15-11-23(25)29-22-13-17(27-2)6-8-18(15)22/h6-9,11-13,20H,4-5,10,14H2,1-3H3/t20-/m0/s1. The maximum absolute atomic E-state index is 12.1. The molecule has 0 unspecified atom stereocenters. The zero-order valence-corrected chi connectivity index (χ0v) is 16.9. The third kappa shape index (κ3) is 3.80. The fourth-order valence-electron chi connectivity index (χ4n) is 4.15. The van der Waals surface area contributed by atoms with Crippen LogP contribution >= 0.6 is 0 Å². The van der Waals surface area contributed by atoms with Gasteiger partial charge in [-0.15, -0.1) is 0 Å². The largest absolute Gasteiger partial charge is 0.497 e. The molecule has 0 bridgehead atoms. The number of likely N-dealkylation sites (tertiary alicyclic amines) is 1. The van der Waals surface area contributed by atoms with E-state index in [1.54, 1.807) is 33.5 Å². The maximum Gasteiger partial charge on any atom is 0.336 e. The zero-order valence-electron chi connectivity index (χ0n) is 16.9. The molecule has 1 fully saturated rings. The van der Waals surface area contributed by atoms with Gasteiger partial charge in [0.05, 0.1) is 21.3 Å². The van der Waals surface area contributed by atoms with E-state index in [9.17, 15) is 4.79 Å². The van der Waals surface area contributed by atoms with E-state index in [1.165, 1.54) is 0 Å². The van der Waals surface area contributed by atoms with E-state index in [-0.39, 0.29) is 11.7 Å². The molecule has 0 saturated carbocycles. The number of hydrogen-bond acceptors (Lipinski definition) is 6. The topological polar surface area (TPSA) is 61.1 Å². The Bertz CT molecular complexity index is 1070. The predicted octanol–water partition coefficient (Wildman–Crippen LogP) is 4.16. The van der Waals surface area contributed by atoms with Crippen molar-refractivity contribution in [1.29, 1.82) is 0 Å². The second-order valence-electron chi connectivity index (χ2n) is 7.19. The molecule has 1 aromatic heterocycles. The van der Waals surface area contributed by atoms with Gasteiger partial charge in [-0.3, -0.25) is 4.90 Å². The summed E-state index contributed by atoms with van der Waals surface area (Å²) in [6.45, 7) is 1.62. The Labute approximate surface area is 169 Å². The number of methoxy groups -OCH3 is 3. The van der Waals surface area contributed by atoms with Gasteiger partial charge in [-0.2, -0.15) is 0 Å². The maximum atomic E-state index is 12.1. The normalized spacial score (nSPS) is 16.9. The van der Waals surface area contributed by atoms with E-state index in [1.807, 2.05) is 24.3 Å². The summed E-state index contributed by atoms with van der Waals surface area (Å²) < 4.78 is 21.6. The summed E-state index contributed by atoms with van der Waals surface area (Å²) in [6, 6.07) is 13.4. The highest BCUT2D eigenvalue weighted by Gasteiger charge is 2.29. The molecule has 0 spiro atoms. The summed E-state index contributed by atoms with van der Waals surface area (Å²) in [5, 5.41) is 0.928. The Morgan fingerprint density at radius 2 is 1.76 bits per heavy atom. The monoisotopic (exact) mass is 395 g/mol.